The number of allylic oxidation sites excluding steroid dienone is 2. The van der Waals surface area contributed by atoms with Crippen molar-refractivity contribution in [2.24, 2.45) is 0 Å². The Morgan fingerprint density at radius 2 is 1.25 bits per heavy atom. The summed E-state index contributed by atoms with van der Waals surface area (Å²) in [4.78, 5) is 36.7. The molecular weight excluding hydrogens is 466 g/mol. The summed E-state index contributed by atoms with van der Waals surface area (Å²) in [5.41, 5.74) is 1.23. The monoisotopic (exact) mass is 489 g/mol. The van der Waals surface area contributed by atoms with Gasteiger partial charge in [-0.2, -0.15) is 0 Å². The molecule has 0 saturated carbocycles. The number of ether oxygens (including phenoxy) is 2. The van der Waals surface area contributed by atoms with Gasteiger partial charge < -0.3 is 19.7 Å². The molecule has 0 fully saturated rings. The van der Waals surface area contributed by atoms with Gasteiger partial charge in [0.1, 0.15) is 5.92 Å². The zero-order valence-electron chi connectivity index (χ0n) is 19.5. The summed E-state index contributed by atoms with van der Waals surface area (Å²) in [6, 6.07) is 14.2. The van der Waals surface area contributed by atoms with Gasteiger partial charge in [0, 0.05) is 12.1 Å². The zero-order chi connectivity index (χ0) is 26.2. The van der Waals surface area contributed by atoms with Crippen molar-refractivity contribution in [1.82, 2.24) is 0 Å². The van der Waals surface area contributed by atoms with E-state index in [-0.39, 0.29) is 34.2 Å². The third kappa shape index (κ3) is 6.15. The largest absolute Gasteiger partial charge is 0.504 e. The maximum absolute atomic E-state index is 13.1. The molecule has 0 radical (unpaired) electrons. The van der Waals surface area contributed by atoms with Crippen LogP contribution in [0.25, 0.3) is 12.2 Å². The summed E-state index contributed by atoms with van der Waals surface area (Å²) in [5.74, 6) is -2.02. The highest BCUT2D eigenvalue weighted by atomic mass is 16.6. The van der Waals surface area contributed by atoms with Crippen molar-refractivity contribution in [2.75, 3.05) is 14.2 Å². The zero-order valence-corrected chi connectivity index (χ0v) is 19.5. The SMILES string of the molecule is COc1cc(/C=C/C(=O)C(C(=O)/C=C/c2ccc(O)c(OC)c2)c2ccc([N+](=O)[O-])cc2)ccc1O. The van der Waals surface area contributed by atoms with Crippen LogP contribution >= 0.6 is 0 Å². The Hall–Kier alpha value is -4.92. The summed E-state index contributed by atoms with van der Waals surface area (Å²) in [5, 5.41) is 30.5. The van der Waals surface area contributed by atoms with E-state index < -0.39 is 22.4 Å². The summed E-state index contributed by atoms with van der Waals surface area (Å²) < 4.78 is 10.1. The Labute approximate surface area is 206 Å². The molecule has 3 rings (SSSR count). The number of phenolic OH excluding ortho intramolecular Hbond substituents is 2. The minimum Gasteiger partial charge on any atom is -0.504 e. The van der Waals surface area contributed by atoms with Crippen molar-refractivity contribution in [3.8, 4) is 23.0 Å². The average Bonchev–Trinajstić information content (AvgIpc) is 2.88. The van der Waals surface area contributed by atoms with Crippen LogP contribution in [0.4, 0.5) is 5.69 Å². The number of non-ortho nitro benzene ring substituents is 1. The van der Waals surface area contributed by atoms with Crippen molar-refractivity contribution in [3.05, 3.63) is 99.6 Å². The molecule has 0 aliphatic rings. The second-order valence-corrected chi connectivity index (χ2v) is 7.62. The molecule has 36 heavy (non-hydrogen) atoms. The van der Waals surface area contributed by atoms with E-state index in [1.165, 1.54) is 87.1 Å². The van der Waals surface area contributed by atoms with E-state index in [0.717, 1.165) is 0 Å². The number of nitrogens with zero attached hydrogens (tertiary/aromatic N) is 1. The van der Waals surface area contributed by atoms with Gasteiger partial charge in [-0.05, 0) is 53.1 Å². The minimum absolute atomic E-state index is 0.0593. The molecule has 0 amide bonds. The summed E-state index contributed by atoms with van der Waals surface area (Å²) in [6.07, 6.45) is 5.41. The minimum atomic E-state index is -1.25. The standard InChI is InChI=1S/C27H23NO8/c1-35-25-15-17(3-11-21(25)29)5-13-23(31)27(19-7-9-20(10-8-19)28(33)34)24(32)14-6-18-4-12-22(30)26(16-18)36-2/h3-16,27,29-30H,1-2H3/b13-5+,14-6+. The number of nitro benzene ring substituents is 1. The molecule has 9 nitrogen and oxygen atoms in total. The summed E-state index contributed by atoms with van der Waals surface area (Å²) in [7, 11) is 2.79. The fourth-order valence-electron chi connectivity index (χ4n) is 3.40. The highest BCUT2D eigenvalue weighted by Crippen LogP contribution is 2.29. The molecule has 0 spiro atoms. The fourth-order valence-corrected chi connectivity index (χ4v) is 3.40. The smallest absolute Gasteiger partial charge is 0.269 e. The normalized spacial score (nSPS) is 11.2. The number of ketones is 2. The van der Waals surface area contributed by atoms with Gasteiger partial charge >= 0.3 is 0 Å². The lowest BCUT2D eigenvalue weighted by atomic mass is 9.89. The van der Waals surface area contributed by atoms with Gasteiger partial charge in [0.15, 0.2) is 34.6 Å². The van der Waals surface area contributed by atoms with Gasteiger partial charge in [-0.1, -0.05) is 36.4 Å². The maximum atomic E-state index is 13.1. The number of aromatic hydroxyl groups is 2. The number of carbonyl (C=O) groups excluding carboxylic acids is 2. The van der Waals surface area contributed by atoms with E-state index in [9.17, 15) is 29.9 Å². The number of rotatable bonds is 10. The molecule has 3 aromatic carbocycles. The van der Waals surface area contributed by atoms with E-state index in [0.29, 0.717) is 11.1 Å². The van der Waals surface area contributed by atoms with Crippen LogP contribution in [0.3, 0.4) is 0 Å². The van der Waals surface area contributed by atoms with Crippen LogP contribution in [-0.2, 0) is 9.59 Å². The first-order chi connectivity index (χ1) is 17.2. The third-order valence-corrected chi connectivity index (χ3v) is 5.29. The van der Waals surface area contributed by atoms with Crippen molar-refractivity contribution in [3.63, 3.8) is 0 Å². The van der Waals surface area contributed by atoms with E-state index in [1.54, 1.807) is 12.1 Å². The van der Waals surface area contributed by atoms with Crippen molar-refractivity contribution < 1.29 is 34.2 Å². The lowest BCUT2D eigenvalue weighted by Crippen LogP contribution is -2.19. The summed E-state index contributed by atoms with van der Waals surface area (Å²) >= 11 is 0. The molecule has 3 aromatic rings. The molecule has 0 atom stereocenters. The lowest BCUT2D eigenvalue weighted by molar-refractivity contribution is -0.384. The van der Waals surface area contributed by atoms with Crippen molar-refractivity contribution >= 4 is 29.4 Å². The molecule has 184 valence electrons. The first-order valence-electron chi connectivity index (χ1n) is 10.7. The molecule has 0 unspecified atom stereocenters. The predicted molar refractivity (Wildman–Crippen MR) is 133 cm³/mol. The number of hydrogen-bond acceptors (Lipinski definition) is 8. The first kappa shape index (κ1) is 25.7. The molecule has 0 aromatic heterocycles. The third-order valence-electron chi connectivity index (χ3n) is 5.29. The number of hydrogen-bond donors (Lipinski definition) is 2. The quantitative estimate of drug-likeness (QED) is 0.181. The molecule has 9 heteroatoms. The first-order valence-corrected chi connectivity index (χ1v) is 10.7. The number of methoxy groups -OCH3 is 2. The maximum Gasteiger partial charge on any atom is 0.269 e. The molecular formula is C27H23NO8. The summed E-state index contributed by atoms with van der Waals surface area (Å²) in [6.45, 7) is 0. The Bertz CT molecular complexity index is 1270. The van der Waals surface area contributed by atoms with Gasteiger partial charge in [0.25, 0.3) is 5.69 Å². The lowest BCUT2D eigenvalue weighted by Gasteiger charge is -2.12. The predicted octanol–water partition coefficient (Wildman–Crippen LogP) is 4.67. The second-order valence-electron chi connectivity index (χ2n) is 7.62. The number of benzene rings is 3. The van der Waals surface area contributed by atoms with Crippen molar-refractivity contribution in [1.29, 1.82) is 0 Å². The van der Waals surface area contributed by atoms with Crippen LogP contribution in [0.2, 0.25) is 0 Å². The van der Waals surface area contributed by atoms with Gasteiger partial charge in [0.2, 0.25) is 0 Å². The molecule has 0 aliphatic carbocycles. The highest BCUT2D eigenvalue weighted by molar-refractivity contribution is 6.17. The highest BCUT2D eigenvalue weighted by Gasteiger charge is 2.25. The van der Waals surface area contributed by atoms with Gasteiger partial charge in [-0.3, -0.25) is 19.7 Å². The Balaban J connectivity index is 1.93. The Kier molecular flexibility index (Phi) is 8.19. The van der Waals surface area contributed by atoms with E-state index in [4.69, 9.17) is 9.47 Å². The molecule has 0 bridgehead atoms. The van der Waals surface area contributed by atoms with Crippen molar-refractivity contribution in [2.45, 2.75) is 5.92 Å². The molecule has 2 N–H and O–H groups in total. The van der Waals surface area contributed by atoms with Gasteiger partial charge in [0.05, 0.1) is 19.1 Å². The number of nitro groups is 1. The average molecular weight is 489 g/mol. The number of carbonyl (C=O) groups is 2. The van der Waals surface area contributed by atoms with Crippen LogP contribution < -0.4 is 9.47 Å². The topological polar surface area (TPSA) is 136 Å². The molecule has 0 heterocycles. The molecule has 0 aliphatic heterocycles. The molecule has 0 saturated heterocycles. The Morgan fingerprint density at radius 1 is 0.806 bits per heavy atom. The Morgan fingerprint density at radius 3 is 1.64 bits per heavy atom. The van der Waals surface area contributed by atoms with Crippen LogP contribution in [0.15, 0.2) is 72.8 Å². The fraction of sp³-hybridized carbons (Fsp3) is 0.111. The van der Waals surface area contributed by atoms with Gasteiger partial charge in [-0.25, -0.2) is 0 Å². The van der Waals surface area contributed by atoms with E-state index in [1.807, 2.05) is 0 Å². The van der Waals surface area contributed by atoms with Crippen LogP contribution in [0, 0.1) is 10.1 Å². The van der Waals surface area contributed by atoms with E-state index >= 15 is 0 Å². The van der Waals surface area contributed by atoms with Gasteiger partial charge in [-0.15, -0.1) is 0 Å². The van der Waals surface area contributed by atoms with Crippen LogP contribution in [0.5, 0.6) is 23.0 Å². The van der Waals surface area contributed by atoms with E-state index in [2.05, 4.69) is 0 Å². The van der Waals surface area contributed by atoms with Crippen LogP contribution in [-0.4, -0.2) is 40.9 Å². The second kappa shape index (κ2) is 11.5. The number of phenols is 2. The van der Waals surface area contributed by atoms with Crippen LogP contribution in [0.1, 0.15) is 22.6 Å².